The number of Topliss-reactive ketones (excluding diaryl/α,β-unsaturated/α-hetero) is 1. The second-order valence-corrected chi connectivity index (χ2v) is 7.37. The lowest BCUT2D eigenvalue weighted by atomic mass is 10.1. The van der Waals surface area contributed by atoms with Gasteiger partial charge in [0.05, 0.1) is 10.4 Å². The molecule has 0 saturated carbocycles. The molecule has 1 atom stereocenters. The lowest BCUT2D eigenvalue weighted by Crippen LogP contribution is -2.41. The van der Waals surface area contributed by atoms with E-state index in [1.807, 2.05) is 26.0 Å². The van der Waals surface area contributed by atoms with Crippen molar-refractivity contribution >= 4 is 40.3 Å². The predicted molar refractivity (Wildman–Crippen MR) is 100.0 cm³/mol. The summed E-state index contributed by atoms with van der Waals surface area (Å²) in [6.07, 6.45) is 0. The third-order valence-corrected chi connectivity index (χ3v) is 5.10. The predicted octanol–water partition coefficient (Wildman–Crippen LogP) is 4.45. The number of rotatable bonds is 7. The maximum absolute atomic E-state index is 12.5. The first-order valence-electron chi connectivity index (χ1n) is 7.80. The Balaban J connectivity index is 1.99. The Morgan fingerprint density at radius 3 is 2.38 bits per heavy atom. The smallest absolute Gasteiger partial charge is 0.241 e. The third-order valence-electron chi connectivity index (χ3n) is 3.88. The molecular weight excluding hydrogens is 344 g/mol. The first-order valence-corrected chi connectivity index (χ1v) is 9.00. The van der Waals surface area contributed by atoms with E-state index < -0.39 is 0 Å². The van der Waals surface area contributed by atoms with Gasteiger partial charge < -0.3 is 5.32 Å². The Morgan fingerprint density at radius 1 is 1.21 bits per heavy atom. The zero-order valence-electron chi connectivity index (χ0n) is 14.0. The van der Waals surface area contributed by atoms with E-state index in [1.54, 1.807) is 24.3 Å². The van der Waals surface area contributed by atoms with Crippen LogP contribution in [0.3, 0.4) is 0 Å². The number of anilines is 1. The Morgan fingerprint density at radius 2 is 1.88 bits per heavy atom. The topological polar surface area (TPSA) is 49.4 Å². The van der Waals surface area contributed by atoms with Crippen LogP contribution in [0.1, 0.15) is 36.0 Å². The van der Waals surface area contributed by atoms with Crippen LogP contribution in [0.4, 0.5) is 5.69 Å². The molecule has 0 aliphatic heterocycles. The van der Waals surface area contributed by atoms with Crippen molar-refractivity contribution in [2.24, 2.45) is 0 Å². The van der Waals surface area contributed by atoms with E-state index in [4.69, 9.17) is 11.6 Å². The second kappa shape index (κ2) is 8.42. The molecule has 1 unspecified atom stereocenters. The average Bonchev–Trinajstić information content (AvgIpc) is 2.97. The zero-order chi connectivity index (χ0) is 17.7. The van der Waals surface area contributed by atoms with E-state index in [2.05, 4.69) is 10.2 Å². The van der Waals surface area contributed by atoms with Gasteiger partial charge in [-0.25, -0.2) is 0 Å². The molecule has 1 heterocycles. The van der Waals surface area contributed by atoms with E-state index in [0.29, 0.717) is 17.8 Å². The number of nitrogens with zero attached hydrogens (tertiary/aromatic N) is 1. The lowest BCUT2D eigenvalue weighted by molar-refractivity contribution is -0.120. The summed E-state index contributed by atoms with van der Waals surface area (Å²) in [7, 11) is 0. The fraction of sp³-hybridized carbons (Fsp3) is 0.333. The molecule has 0 bridgehead atoms. The first kappa shape index (κ1) is 18.6. The zero-order valence-corrected chi connectivity index (χ0v) is 15.6. The van der Waals surface area contributed by atoms with Crippen LogP contribution in [0.15, 0.2) is 36.4 Å². The molecule has 2 aromatic rings. The quantitative estimate of drug-likeness (QED) is 0.738. The maximum Gasteiger partial charge on any atom is 0.241 e. The number of carbonyl (C=O) groups is 2. The van der Waals surface area contributed by atoms with Gasteiger partial charge >= 0.3 is 0 Å². The fourth-order valence-corrected chi connectivity index (χ4v) is 3.47. The van der Waals surface area contributed by atoms with Crippen LogP contribution >= 0.6 is 22.9 Å². The van der Waals surface area contributed by atoms with Crippen molar-refractivity contribution < 1.29 is 9.59 Å². The van der Waals surface area contributed by atoms with Gasteiger partial charge in [0.1, 0.15) is 0 Å². The van der Waals surface area contributed by atoms with E-state index in [0.717, 1.165) is 15.8 Å². The first-order chi connectivity index (χ1) is 11.4. The number of ketones is 1. The van der Waals surface area contributed by atoms with Crippen LogP contribution in [0.25, 0.3) is 0 Å². The van der Waals surface area contributed by atoms with Gasteiger partial charge in [0.15, 0.2) is 5.78 Å². The van der Waals surface area contributed by atoms with Crippen molar-refractivity contribution in [2.45, 2.75) is 33.4 Å². The van der Waals surface area contributed by atoms with Gasteiger partial charge in [-0.2, -0.15) is 0 Å². The van der Waals surface area contributed by atoms with Crippen LogP contribution in [-0.4, -0.2) is 29.2 Å². The number of carbonyl (C=O) groups excluding carboxylic acids is 2. The summed E-state index contributed by atoms with van der Waals surface area (Å²) in [6, 6.07) is 10.5. The molecule has 1 aromatic heterocycles. The molecule has 1 amide bonds. The number of hydrogen-bond acceptors (Lipinski definition) is 4. The highest BCUT2D eigenvalue weighted by molar-refractivity contribution is 7.16. The van der Waals surface area contributed by atoms with Gasteiger partial charge in [-0.15, -0.1) is 11.3 Å². The van der Waals surface area contributed by atoms with Crippen molar-refractivity contribution in [2.75, 3.05) is 11.9 Å². The highest BCUT2D eigenvalue weighted by atomic mass is 35.5. The normalized spacial score (nSPS) is 12.2. The van der Waals surface area contributed by atoms with Gasteiger partial charge in [-0.1, -0.05) is 18.5 Å². The Bertz CT molecular complexity index is 712. The molecule has 0 aliphatic carbocycles. The highest BCUT2D eigenvalue weighted by Crippen LogP contribution is 2.23. The minimum Gasteiger partial charge on any atom is -0.325 e. The molecular formula is C18H21ClN2O2S. The Kier molecular flexibility index (Phi) is 6.54. The minimum atomic E-state index is -0.275. The SMILES string of the molecule is CCN(Cc1ccc(Cl)s1)C(C)C(=O)Nc1ccc(C(C)=O)cc1. The fourth-order valence-electron chi connectivity index (χ4n) is 2.36. The standard InChI is InChI=1S/C18H21ClN2O2S/c1-4-21(11-16-9-10-17(19)24-16)12(2)18(23)20-15-7-5-14(6-8-15)13(3)22/h5-10,12H,4,11H2,1-3H3,(H,20,23). The summed E-state index contributed by atoms with van der Waals surface area (Å²) in [5.74, 6) is -0.0666. The molecule has 0 radical (unpaired) electrons. The summed E-state index contributed by atoms with van der Waals surface area (Å²) in [5, 5.41) is 2.90. The summed E-state index contributed by atoms with van der Waals surface area (Å²) in [4.78, 5) is 27.0. The van der Waals surface area contributed by atoms with Crippen molar-refractivity contribution in [1.82, 2.24) is 4.90 Å². The van der Waals surface area contributed by atoms with E-state index >= 15 is 0 Å². The largest absolute Gasteiger partial charge is 0.325 e. The molecule has 24 heavy (non-hydrogen) atoms. The Labute approximate surface area is 151 Å². The van der Waals surface area contributed by atoms with Crippen LogP contribution in [-0.2, 0) is 11.3 Å². The Hall–Kier alpha value is -1.69. The number of benzene rings is 1. The van der Waals surface area contributed by atoms with E-state index in [9.17, 15) is 9.59 Å². The van der Waals surface area contributed by atoms with Crippen LogP contribution in [0.2, 0.25) is 4.34 Å². The molecule has 1 N–H and O–H groups in total. The molecule has 0 spiro atoms. The van der Waals surface area contributed by atoms with Gasteiger partial charge in [0, 0.05) is 22.7 Å². The van der Waals surface area contributed by atoms with Crippen LogP contribution < -0.4 is 5.32 Å². The van der Waals surface area contributed by atoms with E-state index in [1.165, 1.54) is 18.3 Å². The average molecular weight is 365 g/mol. The van der Waals surface area contributed by atoms with Crippen molar-refractivity contribution in [3.63, 3.8) is 0 Å². The number of thiophene rings is 1. The van der Waals surface area contributed by atoms with Crippen LogP contribution in [0.5, 0.6) is 0 Å². The number of halogens is 1. The lowest BCUT2D eigenvalue weighted by Gasteiger charge is -2.26. The summed E-state index contributed by atoms with van der Waals surface area (Å²) >= 11 is 7.50. The number of nitrogens with one attached hydrogen (secondary N) is 1. The summed E-state index contributed by atoms with van der Waals surface area (Å²) < 4.78 is 0.753. The molecule has 1 aromatic carbocycles. The minimum absolute atomic E-state index is 0.00742. The molecule has 128 valence electrons. The molecule has 6 heteroatoms. The molecule has 0 fully saturated rings. The van der Waals surface area contributed by atoms with Crippen LogP contribution in [0, 0.1) is 0 Å². The van der Waals surface area contributed by atoms with Crippen molar-refractivity contribution in [3.05, 3.63) is 51.2 Å². The van der Waals surface area contributed by atoms with E-state index in [-0.39, 0.29) is 17.7 Å². The maximum atomic E-state index is 12.5. The van der Waals surface area contributed by atoms with Gasteiger partial charge in [0.2, 0.25) is 5.91 Å². The second-order valence-electron chi connectivity index (χ2n) is 5.57. The van der Waals surface area contributed by atoms with Crippen molar-refractivity contribution in [3.8, 4) is 0 Å². The number of likely N-dealkylation sites (N-methyl/N-ethyl adjacent to an activating group) is 1. The molecule has 0 saturated heterocycles. The van der Waals surface area contributed by atoms with Gasteiger partial charge in [-0.05, 0) is 56.8 Å². The van der Waals surface area contributed by atoms with Crippen molar-refractivity contribution in [1.29, 1.82) is 0 Å². The third kappa shape index (κ3) is 4.90. The highest BCUT2D eigenvalue weighted by Gasteiger charge is 2.21. The summed E-state index contributed by atoms with van der Waals surface area (Å²) in [5.41, 5.74) is 1.32. The molecule has 4 nitrogen and oxygen atoms in total. The summed E-state index contributed by atoms with van der Waals surface area (Å²) in [6.45, 7) is 6.88. The monoisotopic (exact) mass is 364 g/mol. The van der Waals surface area contributed by atoms with Gasteiger partial charge in [0.25, 0.3) is 0 Å². The number of amides is 1. The number of hydrogen-bond donors (Lipinski definition) is 1. The molecule has 0 aliphatic rings. The molecule has 2 rings (SSSR count). The van der Waals surface area contributed by atoms with Gasteiger partial charge in [-0.3, -0.25) is 14.5 Å².